The fraction of sp³-hybridized carbons (Fsp3) is 0.192. The number of aromatic nitrogens is 5. The average Bonchev–Trinajstić information content (AvgIpc) is 3.38. The van der Waals surface area contributed by atoms with E-state index < -0.39 is 0 Å². The summed E-state index contributed by atoms with van der Waals surface area (Å²) in [6.45, 7) is 6.36. The zero-order chi connectivity index (χ0) is 22.1. The molecule has 0 spiro atoms. The lowest BCUT2D eigenvalue weighted by Crippen LogP contribution is -2.06. The summed E-state index contributed by atoms with van der Waals surface area (Å²) >= 11 is 1.67. The molecule has 0 saturated heterocycles. The molecule has 32 heavy (non-hydrogen) atoms. The van der Waals surface area contributed by atoms with Crippen LogP contribution in [0.4, 0.5) is 0 Å². The van der Waals surface area contributed by atoms with Crippen LogP contribution in [-0.4, -0.2) is 24.1 Å². The van der Waals surface area contributed by atoms with Gasteiger partial charge in [-0.25, -0.2) is 4.98 Å². The molecule has 0 N–H and O–H groups in total. The Morgan fingerprint density at radius 1 is 0.875 bits per heavy atom. The normalized spacial score (nSPS) is 11.3. The quantitative estimate of drug-likeness (QED) is 0.317. The maximum absolute atomic E-state index is 4.82. The van der Waals surface area contributed by atoms with Crippen molar-refractivity contribution in [2.24, 2.45) is 0 Å². The van der Waals surface area contributed by atoms with Gasteiger partial charge in [0, 0.05) is 24.6 Å². The molecule has 5 nitrogen and oxygen atoms in total. The lowest BCUT2D eigenvalue weighted by Gasteiger charge is -2.13. The molecular formula is C26H25N5S. The third-order valence-corrected chi connectivity index (χ3v) is 6.54. The van der Waals surface area contributed by atoms with Gasteiger partial charge in [0.1, 0.15) is 11.5 Å². The first kappa shape index (κ1) is 20.5. The number of imidazole rings is 1. The van der Waals surface area contributed by atoms with Gasteiger partial charge in [-0.15, -0.1) is 10.2 Å². The van der Waals surface area contributed by atoms with E-state index in [0.29, 0.717) is 0 Å². The minimum absolute atomic E-state index is 0.731. The van der Waals surface area contributed by atoms with Crippen molar-refractivity contribution in [1.82, 2.24) is 24.1 Å². The van der Waals surface area contributed by atoms with Crippen molar-refractivity contribution in [3.05, 3.63) is 107 Å². The van der Waals surface area contributed by atoms with Gasteiger partial charge in [0.05, 0.1) is 11.4 Å². The molecule has 5 aromatic rings. The highest BCUT2D eigenvalue weighted by atomic mass is 32.2. The molecule has 0 aliphatic carbocycles. The van der Waals surface area contributed by atoms with Crippen molar-refractivity contribution in [3.63, 3.8) is 0 Å². The largest absolute Gasteiger partial charge is 0.307 e. The summed E-state index contributed by atoms with van der Waals surface area (Å²) < 4.78 is 4.29. The van der Waals surface area contributed by atoms with Crippen molar-refractivity contribution in [2.75, 3.05) is 0 Å². The molecule has 0 aliphatic heterocycles. The summed E-state index contributed by atoms with van der Waals surface area (Å²) in [7, 11) is 0. The maximum atomic E-state index is 4.82. The van der Waals surface area contributed by atoms with Gasteiger partial charge < -0.3 is 4.40 Å². The molecule has 0 unspecified atom stereocenters. The molecule has 2 aromatic carbocycles. The number of hydrogen-bond acceptors (Lipinski definition) is 4. The number of nitrogens with zero attached hydrogens (tertiary/aromatic N) is 5. The molecule has 3 aromatic heterocycles. The van der Waals surface area contributed by atoms with Crippen LogP contribution >= 0.6 is 11.8 Å². The molecular weight excluding hydrogens is 414 g/mol. The highest BCUT2D eigenvalue weighted by Crippen LogP contribution is 2.28. The van der Waals surface area contributed by atoms with E-state index in [2.05, 4.69) is 94.7 Å². The molecule has 0 bridgehead atoms. The van der Waals surface area contributed by atoms with Gasteiger partial charge in [-0.1, -0.05) is 65.9 Å². The SMILES string of the molecule is Cc1ccc(-n2c(Cc3ccccc3)nnc2SCc2cn3cccc(C)c3n2)c(C)c1. The molecule has 5 rings (SSSR count). The standard InChI is InChI=1S/C26H25N5S/c1-18-11-12-23(20(3)14-18)31-24(15-21-9-5-4-6-10-21)28-29-26(31)32-17-22-16-30-13-7-8-19(2)25(30)27-22/h4-14,16H,15,17H2,1-3H3. The Labute approximate surface area is 192 Å². The Hall–Kier alpha value is -3.38. The Morgan fingerprint density at radius 2 is 1.72 bits per heavy atom. The van der Waals surface area contributed by atoms with E-state index >= 15 is 0 Å². The first-order valence-electron chi connectivity index (χ1n) is 10.7. The second kappa shape index (κ2) is 8.63. The van der Waals surface area contributed by atoms with Crippen LogP contribution in [0.1, 0.15) is 33.8 Å². The number of thioether (sulfide) groups is 1. The van der Waals surface area contributed by atoms with Crippen molar-refractivity contribution >= 4 is 17.4 Å². The van der Waals surface area contributed by atoms with E-state index in [0.717, 1.165) is 40.2 Å². The number of hydrogen-bond donors (Lipinski definition) is 0. The van der Waals surface area contributed by atoms with Crippen LogP contribution in [0.25, 0.3) is 11.3 Å². The van der Waals surface area contributed by atoms with E-state index in [1.54, 1.807) is 11.8 Å². The minimum atomic E-state index is 0.731. The third-order valence-electron chi connectivity index (χ3n) is 5.58. The van der Waals surface area contributed by atoms with Crippen LogP contribution in [-0.2, 0) is 12.2 Å². The molecule has 0 saturated carbocycles. The van der Waals surface area contributed by atoms with Gasteiger partial charge in [0.25, 0.3) is 0 Å². The summed E-state index contributed by atoms with van der Waals surface area (Å²) in [5.41, 5.74) is 8.01. The van der Waals surface area contributed by atoms with Gasteiger partial charge in [-0.2, -0.15) is 0 Å². The fourth-order valence-electron chi connectivity index (χ4n) is 4.00. The summed E-state index contributed by atoms with van der Waals surface area (Å²) in [4.78, 5) is 4.82. The predicted octanol–water partition coefficient (Wildman–Crippen LogP) is 5.72. The molecule has 0 fully saturated rings. The molecule has 0 radical (unpaired) electrons. The highest BCUT2D eigenvalue weighted by molar-refractivity contribution is 7.98. The Kier molecular flexibility index (Phi) is 5.53. The second-order valence-corrected chi connectivity index (χ2v) is 9.07. The van der Waals surface area contributed by atoms with Crippen molar-refractivity contribution < 1.29 is 0 Å². The molecule has 3 heterocycles. The van der Waals surface area contributed by atoms with Gasteiger partial charge in [0.15, 0.2) is 5.16 Å². The van der Waals surface area contributed by atoms with Gasteiger partial charge in [-0.05, 0) is 49.6 Å². The Morgan fingerprint density at radius 3 is 2.50 bits per heavy atom. The number of aryl methyl sites for hydroxylation is 3. The monoisotopic (exact) mass is 439 g/mol. The van der Waals surface area contributed by atoms with E-state index in [-0.39, 0.29) is 0 Å². The lowest BCUT2D eigenvalue weighted by atomic mass is 10.1. The van der Waals surface area contributed by atoms with E-state index in [1.807, 2.05) is 18.3 Å². The molecule has 160 valence electrons. The fourth-order valence-corrected chi connectivity index (χ4v) is 4.84. The van der Waals surface area contributed by atoms with Crippen LogP contribution in [0, 0.1) is 20.8 Å². The predicted molar refractivity (Wildman–Crippen MR) is 130 cm³/mol. The van der Waals surface area contributed by atoms with E-state index in [9.17, 15) is 0 Å². The summed E-state index contributed by atoms with van der Waals surface area (Å²) in [6, 6.07) is 21.1. The molecule has 6 heteroatoms. The van der Waals surface area contributed by atoms with Crippen LogP contribution in [0.15, 0.2) is 78.2 Å². The third kappa shape index (κ3) is 4.06. The zero-order valence-corrected chi connectivity index (χ0v) is 19.3. The molecule has 0 aliphatic rings. The van der Waals surface area contributed by atoms with E-state index in [4.69, 9.17) is 4.98 Å². The number of pyridine rings is 1. The van der Waals surface area contributed by atoms with Crippen LogP contribution in [0.2, 0.25) is 0 Å². The first-order chi connectivity index (χ1) is 15.6. The summed E-state index contributed by atoms with van der Waals surface area (Å²) in [5, 5.41) is 10.1. The zero-order valence-electron chi connectivity index (χ0n) is 18.5. The Balaban J connectivity index is 1.50. The second-order valence-electron chi connectivity index (χ2n) is 8.13. The van der Waals surface area contributed by atoms with Gasteiger partial charge >= 0.3 is 0 Å². The van der Waals surface area contributed by atoms with Crippen molar-refractivity contribution in [3.8, 4) is 5.69 Å². The Bertz CT molecular complexity index is 1380. The van der Waals surface area contributed by atoms with Gasteiger partial charge in [0.2, 0.25) is 0 Å². The maximum Gasteiger partial charge on any atom is 0.196 e. The van der Waals surface area contributed by atoms with Crippen LogP contribution < -0.4 is 0 Å². The average molecular weight is 440 g/mol. The minimum Gasteiger partial charge on any atom is -0.307 e. The number of fused-ring (bicyclic) bond motifs is 1. The number of rotatable bonds is 6. The topological polar surface area (TPSA) is 48.0 Å². The first-order valence-corrected chi connectivity index (χ1v) is 11.7. The van der Waals surface area contributed by atoms with E-state index in [1.165, 1.54) is 22.3 Å². The van der Waals surface area contributed by atoms with Crippen molar-refractivity contribution in [1.29, 1.82) is 0 Å². The smallest absolute Gasteiger partial charge is 0.196 e. The van der Waals surface area contributed by atoms with Crippen molar-refractivity contribution in [2.45, 2.75) is 38.1 Å². The van der Waals surface area contributed by atoms with Crippen LogP contribution in [0.5, 0.6) is 0 Å². The summed E-state index contributed by atoms with van der Waals surface area (Å²) in [6.07, 6.45) is 4.87. The number of benzene rings is 2. The molecule has 0 atom stereocenters. The highest BCUT2D eigenvalue weighted by Gasteiger charge is 2.17. The summed E-state index contributed by atoms with van der Waals surface area (Å²) in [5.74, 6) is 1.67. The molecule has 0 amide bonds. The lowest BCUT2D eigenvalue weighted by molar-refractivity contribution is 0.840. The van der Waals surface area contributed by atoms with Crippen LogP contribution in [0.3, 0.4) is 0 Å². The van der Waals surface area contributed by atoms with Gasteiger partial charge in [-0.3, -0.25) is 4.57 Å².